The molecular formula is C26H26N2O2S. The van der Waals surface area contributed by atoms with Crippen LogP contribution in [0.25, 0.3) is 22.2 Å². The van der Waals surface area contributed by atoms with Gasteiger partial charge < -0.3 is 0 Å². The van der Waals surface area contributed by atoms with E-state index in [1.165, 1.54) is 41.6 Å². The van der Waals surface area contributed by atoms with Crippen molar-refractivity contribution in [2.75, 3.05) is 0 Å². The Morgan fingerprint density at radius 1 is 0.935 bits per heavy atom. The predicted molar refractivity (Wildman–Crippen MR) is 125 cm³/mol. The van der Waals surface area contributed by atoms with E-state index in [9.17, 15) is 8.42 Å². The third kappa shape index (κ3) is 3.68. The van der Waals surface area contributed by atoms with Crippen LogP contribution in [0.5, 0.6) is 0 Å². The first-order valence-corrected chi connectivity index (χ1v) is 12.4. The average molecular weight is 431 g/mol. The van der Waals surface area contributed by atoms with Crippen molar-refractivity contribution in [3.05, 3.63) is 84.2 Å². The predicted octanol–water partition coefficient (Wildman–Crippen LogP) is 6.30. The van der Waals surface area contributed by atoms with E-state index in [4.69, 9.17) is 4.98 Å². The highest BCUT2D eigenvalue weighted by atomic mass is 32.2. The molecule has 0 N–H and O–H groups in total. The summed E-state index contributed by atoms with van der Waals surface area (Å²) < 4.78 is 28.4. The molecule has 0 bridgehead atoms. The zero-order valence-electron chi connectivity index (χ0n) is 17.7. The van der Waals surface area contributed by atoms with Crippen molar-refractivity contribution in [2.24, 2.45) is 0 Å². The molecule has 4 nitrogen and oxygen atoms in total. The molecule has 31 heavy (non-hydrogen) atoms. The molecule has 2 heterocycles. The lowest BCUT2D eigenvalue weighted by Gasteiger charge is -2.21. The van der Waals surface area contributed by atoms with Gasteiger partial charge in [0.25, 0.3) is 10.0 Å². The van der Waals surface area contributed by atoms with Crippen molar-refractivity contribution >= 4 is 21.1 Å². The Kier molecular flexibility index (Phi) is 5.14. The van der Waals surface area contributed by atoms with Crippen LogP contribution in [0.15, 0.2) is 78.0 Å². The van der Waals surface area contributed by atoms with E-state index in [0.717, 1.165) is 22.1 Å². The summed E-state index contributed by atoms with van der Waals surface area (Å²) in [5.41, 5.74) is 4.62. The molecule has 0 radical (unpaired) electrons. The molecule has 2 aromatic carbocycles. The van der Waals surface area contributed by atoms with Gasteiger partial charge in [-0.15, -0.1) is 0 Å². The Bertz CT molecular complexity index is 1320. The zero-order chi connectivity index (χ0) is 21.4. The Labute approximate surface area is 183 Å². The molecule has 0 unspecified atom stereocenters. The van der Waals surface area contributed by atoms with Gasteiger partial charge in [0.05, 0.1) is 4.90 Å². The van der Waals surface area contributed by atoms with E-state index in [1.807, 2.05) is 55.6 Å². The average Bonchev–Trinajstić information content (AvgIpc) is 3.20. The summed E-state index contributed by atoms with van der Waals surface area (Å²) in [6.07, 6.45) is 9.76. The summed E-state index contributed by atoms with van der Waals surface area (Å²) in [5, 5.41) is 0.893. The fourth-order valence-corrected chi connectivity index (χ4v) is 5.93. The smallest absolute Gasteiger partial charge is 0.237 e. The second-order valence-corrected chi connectivity index (χ2v) is 10.3. The normalized spacial score (nSPS) is 15.4. The van der Waals surface area contributed by atoms with Crippen LogP contribution in [-0.2, 0) is 10.0 Å². The van der Waals surface area contributed by atoms with Gasteiger partial charge in [0.1, 0.15) is 0 Å². The van der Waals surface area contributed by atoms with Crippen molar-refractivity contribution in [1.29, 1.82) is 0 Å². The molecule has 0 amide bonds. The molecular weight excluding hydrogens is 404 g/mol. The highest BCUT2D eigenvalue weighted by Crippen LogP contribution is 2.37. The number of benzene rings is 2. The standard InChI is InChI=1S/C26H26N2O2S/c1-19-12-14-23(15-13-19)31(29,30)28-18-25(21-10-6-3-7-11-21)24-16-22(17-27-26(24)28)20-8-4-2-5-9-20/h3,6-7,10-18,20H,2,4-5,8-9H2,1H3. The van der Waals surface area contributed by atoms with Crippen molar-refractivity contribution in [1.82, 2.24) is 8.96 Å². The summed E-state index contributed by atoms with van der Waals surface area (Å²) in [4.78, 5) is 4.97. The maximum absolute atomic E-state index is 13.5. The lowest BCUT2D eigenvalue weighted by Crippen LogP contribution is -2.12. The lowest BCUT2D eigenvalue weighted by atomic mass is 9.84. The van der Waals surface area contributed by atoms with Crippen LogP contribution in [0.3, 0.4) is 0 Å². The number of nitrogens with zero attached hydrogens (tertiary/aromatic N) is 2. The van der Waals surface area contributed by atoms with Crippen LogP contribution in [-0.4, -0.2) is 17.4 Å². The van der Waals surface area contributed by atoms with Crippen molar-refractivity contribution < 1.29 is 8.42 Å². The molecule has 1 fully saturated rings. The maximum atomic E-state index is 13.5. The molecule has 0 aliphatic heterocycles. The van der Waals surface area contributed by atoms with Gasteiger partial charge in [-0.2, -0.15) is 0 Å². The van der Waals surface area contributed by atoms with Crippen LogP contribution in [0.4, 0.5) is 0 Å². The SMILES string of the molecule is Cc1ccc(S(=O)(=O)n2cc(-c3ccccc3)c3cc(C4CCCCC4)cnc32)cc1. The summed E-state index contributed by atoms with van der Waals surface area (Å²) in [6.45, 7) is 1.95. The van der Waals surface area contributed by atoms with E-state index in [-0.39, 0.29) is 4.90 Å². The van der Waals surface area contributed by atoms with Crippen LogP contribution in [0.2, 0.25) is 0 Å². The highest BCUT2D eigenvalue weighted by Gasteiger charge is 2.24. The van der Waals surface area contributed by atoms with Crippen molar-refractivity contribution in [2.45, 2.75) is 49.8 Å². The van der Waals surface area contributed by atoms with Gasteiger partial charge in [-0.1, -0.05) is 67.3 Å². The Morgan fingerprint density at radius 3 is 2.35 bits per heavy atom. The van der Waals surface area contributed by atoms with Gasteiger partial charge in [-0.05, 0) is 55.0 Å². The number of aromatic nitrogens is 2. The van der Waals surface area contributed by atoms with Gasteiger partial charge >= 0.3 is 0 Å². The number of pyridine rings is 1. The van der Waals surface area contributed by atoms with Crippen molar-refractivity contribution in [3.8, 4) is 11.1 Å². The number of hydrogen-bond acceptors (Lipinski definition) is 3. The highest BCUT2D eigenvalue weighted by molar-refractivity contribution is 7.90. The zero-order valence-corrected chi connectivity index (χ0v) is 18.5. The van der Waals surface area contributed by atoms with Crippen molar-refractivity contribution in [3.63, 3.8) is 0 Å². The van der Waals surface area contributed by atoms with E-state index >= 15 is 0 Å². The number of fused-ring (bicyclic) bond motifs is 1. The maximum Gasteiger partial charge on any atom is 0.269 e. The minimum Gasteiger partial charge on any atom is -0.237 e. The monoisotopic (exact) mass is 430 g/mol. The fourth-order valence-electron chi connectivity index (χ4n) is 4.61. The van der Waals surface area contributed by atoms with Crippen LogP contribution in [0.1, 0.15) is 49.1 Å². The van der Waals surface area contributed by atoms with Gasteiger partial charge in [0.15, 0.2) is 5.65 Å². The molecule has 1 aliphatic carbocycles. The number of rotatable bonds is 4. The number of hydrogen-bond donors (Lipinski definition) is 0. The topological polar surface area (TPSA) is 52.0 Å². The number of aryl methyl sites for hydroxylation is 1. The minimum absolute atomic E-state index is 0.271. The molecule has 2 aromatic heterocycles. The fraction of sp³-hybridized carbons (Fsp3) is 0.269. The Balaban J connectivity index is 1.71. The third-order valence-electron chi connectivity index (χ3n) is 6.37. The van der Waals surface area contributed by atoms with E-state index < -0.39 is 10.0 Å². The Hall–Kier alpha value is -2.92. The van der Waals surface area contributed by atoms with Crippen LogP contribution in [0, 0.1) is 6.92 Å². The van der Waals surface area contributed by atoms with E-state index in [1.54, 1.807) is 18.3 Å². The molecule has 4 aromatic rings. The first-order chi connectivity index (χ1) is 15.0. The molecule has 0 atom stereocenters. The van der Waals surface area contributed by atoms with E-state index in [2.05, 4.69) is 6.07 Å². The molecule has 0 saturated heterocycles. The first-order valence-electron chi connectivity index (χ1n) is 10.9. The largest absolute Gasteiger partial charge is 0.269 e. The summed E-state index contributed by atoms with van der Waals surface area (Å²) in [5.74, 6) is 0.506. The summed E-state index contributed by atoms with van der Waals surface area (Å²) in [7, 11) is -3.75. The molecule has 5 heteroatoms. The molecule has 0 spiro atoms. The third-order valence-corrected chi connectivity index (χ3v) is 8.04. The minimum atomic E-state index is -3.75. The molecule has 158 valence electrons. The van der Waals surface area contributed by atoms with Gasteiger partial charge in [-0.25, -0.2) is 17.4 Å². The summed E-state index contributed by atoms with van der Waals surface area (Å²) in [6, 6.07) is 19.1. The van der Waals surface area contributed by atoms with Gasteiger partial charge in [0.2, 0.25) is 0 Å². The second-order valence-electron chi connectivity index (χ2n) is 8.50. The molecule has 1 saturated carbocycles. The van der Waals surface area contributed by atoms with E-state index in [0.29, 0.717) is 11.6 Å². The lowest BCUT2D eigenvalue weighted by molar-refractivity contribution is 0.443. The van der Waals surface area contributed by atoms with Crippen LogP contribution < -0.4 is 0 Å². The quantitative estimate of drug-likeness (QED) is 0.382. The van der Waals surface area contributed by atoms with Gasteiger partial charge in [0, 0.05) is 23.3 Å². The molecule has 5 rings (SSSR count). The first kappa shape index (κ1) is 20.0. The summed E-state index contributed by atoms with van der Waals surface area (Å²) >= 11 is 0. The second kappa shape index (κ2) is 7.97. The van der Waals surface area contributed by atoms with Gasteiger partial charge in [-0.3, -0.25) is 0 Å². The van der Waals surface area contributed by atoms with Crippen LogP contribution >= 0.6 is 0 Å². The molecule has 1 aliphatic rings. The Morgan fingerprint density at radius 2 is 1.65 bits per heavy atom.